The van der Waals surface area contributed by atoms with Crippen LogP contribution < -0.4 is 5.32 Å². The smallest absolute Gasteiger partial charge is 0.287 e. The molecular formula is C17H14BrN3O2. The van der Waals surface area contributed by atoms with Gasteiger partial charge in [-0.15, -0.1) is 0 Å². The standard InChI is InChI=1S/C17H14BrN3O2/c18-15-7-6-14(23-15)17(22)19-9-8-12-10-20-16(21-11-12)13-4-2-1-3-5-13/h1-7,10-11H,8-9H2,(H,19,22). The van der Waals surface area contributed by atoms with Crippen molar-refractivity contribution in [3.8, 4) is 11.4 Å². The maximum absolute atomic E-state index is 11.8. The molecule has 0 saturated carbocycles. The van der Waals surface area contributed by atoms with Crippen molar-refractivity contribution in [2.24, 2.45) is 0 Å². The lowest BCUT2D eigenvalue weighted by Crippen LogP contribution is -2.25. The summed E-state index contributed by atoms with van der Waals surface area (Å²) in [6.07, 6.45) is 4.22. The van der Waals surface area contributed by atoms with Crippen molar-refractivity contribution in [3.05, 3.63) is 70.9 Å². The summed E-state index contributed by atoms with van der Waals surface area (Å²) < 4.78 is 5.73. The van der Waals surface area contributed by atoms with E-state index in [0.717, 1.165) is 11.1 Å². The number of hydrogen-bond acceptors (Lipinski definition) is 4. The first-order valence-corrected chi connectivity index (χ1v) is 7.91. The van der Waals surface area contributed by atoms with Crippen LogP contribution in [0.2, 0.25) is 0 Å². The summed E-state index contributed by atoms with van der Waals surface area (Å²) in [4.78, 5) is 20.5. The average molecular weight is 372 g/mol. The van der Waals surface area contributed by atoms with Gasteiger partial charge in [0.2, 0.25) is 0 Å². The Morgan fingerprint density at radius 3 is 2.48 bits per heavy atom. The maximum atomic E-state index is 11.8. The number of benzene rings is 1. The van der Waals surface area contributed by atoms with E-state index in [4.69, 9.17) is 4.42 Å². The van der Waals surface area contributed by atoms with E-state index in [1.54, 1.807) is 24.5 Å². The number of carbonyl (C=O) groups is 1. The van der Waals surface area contributed by atoms with Crippen LogP contribution in [0.1, 0.15) is 16.1 Å². The number of amides is 1. The molecule has 23 heavy (non-hydrogen) atoms. The predicted molar refractivity (Wildman–Crippen MR) is 89.9 cm³/mol. The van der Waals surface area contributed by atoms with E-state index in [2.05, 4.69) is 31.2 Å². The van der Waals surface area contributed by atoms with Gasteiger partial charge in [-0.1, -0.05) is 30.3 Å². The molecule has 0 radical (unpaired) electrons. The number of aromatic nitrogens is 2. The minimum Gasteiger partial charge on any atom is -0.444 e. The first-order valence-electron chi connectivity index (χ1n) is 7.12. The molecule has 0 fully saturated rings. The molecule has 3 aromatic rings. The lowest BCUT2D eigenvalue weighted by molar-refractivity contribution is 0.0925. The van der Waals surface area contributed by atoms with E-state index in [0.29, 0.717) is 23.5 Å². The van der Waals surface area contributed by atoms with Crippen LogP contribution in [0.4, 0.5) is 0 Å². The molecular weight excluding hydrogens is 358 g/mol. The van der Waals surface area contributed by atoms with Crippen LogP contribution in [0, 0.1) is 0 Å². The lowest BCUT2D eigenvalue weighted by Gasteiger charge is -2.04. The van der Waals surface area contributed by atoms with Gasteiger partial charge in [-0.2, -0.15) is 0 Å². The number of furan rings is 1. The molecule has 0 unspecified atom stereocenters. The fourth-order valence-electron chi connectivity index (χ4n) is 2.06. The Kier molecular flexibility index (Phi) is 4.83. The zero-order chi connectivity index (χ0) is 16.1. The number of nitrogens with one attached hydrogen (secondary N) is 1. The highest BCUT2D eigenvalue weighted by Gasteiger charge is 2.09. The highest BCUT2D eigenvalue weighted by atomic mass is 79.9. The molecule has 0 aliphatic heterocycles. The van der Waals surface area contributed by atoms with Crippen molar-refractivity contribution in [2.45, 2.75) is 6.42 Å². The fourth-order valence-corrected chi connectivity index (χ4v) is 2.37. The van der Waals surface area contributed by atoms with Gasteiger partial charge < -0.3 is 9.73 Å². The van der Waals surface area contributed by atoms with Crippen LogP contribution in [-0.2, 0) is 6.42 Å². The molecule has 6 heteroatoms. The predicted octanol–water partition coefficient (Wildman–Crippen LogP) is 3.47. The highest BCUT2D eigenvalue weighted by Crippen LogP contribution is 2.14. The largest absolute Gasteiger partial charge is 0.444 e. The molecule has 1 N–H and O–H groups in total. The molecule has 2 heterocycles. The molecule has 0 bridgehead atoms. The molecule has 1 aromatic carbocycles. The topological polar surface area (TPSA) is 68.0 Å². The van der Waals surface area contributed by atoms with E-state index in [1.165, 1.54) is 0 Å². The number of halogens is 1. The van der Waals surface area contributed by atoms with Crippen LogP contribution >= 0.6 is 15.9 Å². The van der Waals surface area contributed by atoms with Gasteiger partial charge in [0.1, 0.15) is 0 Å². The second-order valence-electron chi connectivity index (χ2n) is 4.89. The Balaban J connectivity index is 1.54. The Bertz CT molecular complexity index is 785. The van der Waals surface area contributed by atoms with Gasteiger partial charge in [0.05, 0.1) is 0 Å². The van der Waals surface area contributed by atoms with Gasteiger partial charge in [0.25, 0.3) is 5.91 Å². The normalized spacial score (nSPS) is 10.5. The zero-order valence-corrected chi connectivity index (χ0v) is 13.8. The van der Waals surface area contributed by atoms with E-state index in [9.17, 15) is 4.79 Å². The molecule has 2 aromatic heterocycles. The molecule has 0 atom stereocenters. The first-order chi connectivity index (χ1) is 11.2. The summed E-state index contributed by atoms with van der Waals surface area (Å²) in [5.74, 6) is 0.740. The molecule has 0 aliphatic rings. The summed E-state index contributed by atoms with van der Waals surface area (Å²) in [5, 5.41) is 2.80. The highest BCUT2D eigenvalue weighted by molar-refractivity contribution is 9.10. The van der Waals surface area contributed by atoms with Crippen molar-refractivity contribution < 1.29 is 9.21 Å². The third kappa shape index (κ3) is 4.04. The molecule has 0 spiro atoms. The van der Waals surface area contributed by atoms with Crippen LogP contribution in [0.5, 0.6) is 0 Å². The summed E-state index contributed by atoms with van der Waals surface area (Å²) >= 11 is 3.17. The minimum absolute atomic E-state index is 0.238. The van der Waals surface area contributed by atoms with Gasteiger partial charge in [-0.05, 0) is 40.0 Å². The van der Waals surface area contributed by atoms with Crippen LogP contribution in [0.15, 0.2) is 63.9 Å². The minimum atomic E-state index is -0.238. The van der Waals surface area contributed by atoms with Crippen molar-refractivity contribution in [1.82, 2.24) is 15.3 Å². The van der Waals surface area contributed by atoms with E-state index < -0.39 is 0 Å². The Labute approximate surface area is 141 Å². The Hall–Kier alpha value is -2.47. The molecule has 1 amide bonds. The molecule has 5 nitrogen and oxygen atoms in total. The molecule has 116 valence electrons. The Morgan fingerprint density at radius 1 is 1.09 bits per heavy atom. The van der Waals surface area contributed by atoms with Gasteiger partial charge in [0, 0.05) is 24.5 Å². The summed E-state index contributed by atoms with van der Waals surface area (Å²) in [5.41, 5.74) is 1.95. The van der Waals surface area contributed by atoms with E-state index >= 15 is 0 Å². The molecule has 0 saturated heterocycles. The quantitative estimate of drug-likeness (QED) is 0.745. The van der Waals surface area contributed by atoms with Gasteiger partial charge in [0.15, 0.2) is 16.3 Å². The summed E-state index contributed by atoms with van der Waals surface area (Å²) in [6.45, 7) is 0.491. The second kappa shape index (κ2) is 7.19. The van der Waals surface area contributed by atoms with Crippen molar-refractivity contribution >= 4 is 21.8 Å². The second-order valence-corrected chi connectivity index (χ2v) is 5.67. The van der Waals surface area contributed by atoms with Crippen molar-refractivity contribution in [3.63, 3.8) is 0 Å². The van der Waals surface area contributed by atoms with Gasteiger partial charge >= 0.3 is 0 Å². The zero-order valence-electron chi connectivity index (χ0n) is 12.2. The third-order valence-corrected chi connectivity index (χ3v) is 3.66. The van der Waals surface area contributed by atoms with Gasteiger partial charge in [-0.3, -0.25) is 4.79 Å². The number of nitrogens with zero attached hydrogens (tertiary/aromatic N) is 2. The summed E-state index contributed by atoms with van der Waals surface area (Å²) in [6, 6.07) is 13.1. The first kappa shape index (κ1) is 15.4. The Morgan fingerprint density at radius 2 is 1.83 bits per heavy atom. The number of hydrogen-bond donors (Lipinski definition) is 1. The third-order valence-electron chi connectivity index (χ3n) is 3.23. The summed E-state index contributed by atoms with van der Waals surface area (Å²) in [7, 11) is 0. The SMILES string of the molecule is O=C(NCCc1cnc(-c2ccccc2)nc1)c1ccc(Br)o1. The van der Waals surface area contributed by atoms with Crippen molar-refractivity contribution in [1.29, 1.82) is 0 Å². The van der Waals surface area contributed by atoms with E-state index in [1.807, 2.05) is 30.3 Å². The molecule has 3 rings (SSSR count). The van der Waals surface area contributed by atoms with Crippen LogP contribution in [-0.4, -0.2) is 22.4 Å². The number of rotatable bonds is 5. The van der Waals surface area contributed by atoms with Crippen LogP contribution in [0.3, 0.4) is 0 Å². The monoisotopic (exact) mass is 371 g/mol. The fraction of sp³-hybridized carbons (Fsp3) is 0.118. The van der Waals surface area contributed by atoms with Crippen LogP contribution in [0.25, 0.3) is 11.4 Å². The van der Waals surface area contributed by atoms with E-state index in [-0.39, 0.29) is 11.7 Å². The van der Waals surface area contributed by atoms with Gasteiger partial charge in [-0.25, -0.2) is 9.97 Å². The maximum Gasteiger partial charge on any atom is 0.287 e. The molecule has 0 aliphatic carbocycles. The number of carbonyl (C=O) groups excluding carboxylic acids is 1. The van der Waals surface area contributed by atoms with Crippen molar-refractivity contribution in [2.75, 3.05) is 6.54 Å². The average Bonchev–Trinajstić information content (AvgIpc) is 3.03. The lowest BCUT2D eigenvalue weighted by atomic mass is 10.2.